The molecule has 41 heavy (non-hydrogen) atoms. The summed E-state index contributed by atoms with van der Waals surface area (Å²) >= 11 is 13.4. The molecule has 1 aromatic heterocycles. The van der Waals surface area contributed by atoms with Crippen LogP contribution in [0.2, 0.25) is 10.0 Å². The van der Waals surface area contributed by atoms with Gasteiger partial charge in [-0.1, -0.05) is 55.2 Å². The molecule has 0 unspecified atom stereocenters. The first-order valence-corrected chi connectivity index (χ1v) is 16.4. The van der Waals surface area contributed by atoms with Gasteiger partial charge in [-0.05, 0) is 48.1 Å². The van der Waals surface area contributed by atoms with Crippen LogP contribution >= 0.6 is 34.5 Å². The summed E-state index contributed by atoms with van der Waals surface area (Å²) in [5.74, 6) is -0.201. The largest absolute Gasteiger partial charge is 0.395 e. The summed E-state index contributed by atoms with van der Waals surface area (Å²) in [5, 5.41) is 14.1. The van der Waals surface area contributed by atoms with Crippen LogP contribution in [-0.4, -0.2) is 86.6 Å². The minimum absolute atomic E-state index is 0.00999. The first-order chi connectivity index (χ1) is 19.5. The molecule has 3 aromatic rings. The number of benzene rings is 2. The Morgan fingerprint density at radius 3 is 2.39 bits per heavy atom. The van der Waals surface area contributed by atoms with E-state index in [1.165, 1.54) is 29.5 Å². The molecule has 0 aliphatic carbocycles. The van der Waals surface area contributed by atoms with Crippen LogP contribution in [0.3, 0.4) is 0 Å². The number of carbonyl (C=O) groups is 2. The van der Waals surface area contributed by atoms with Gasteiger partial charge in [-0.3, -0.25) is 14.5 Å². The highest BCUT2D eigenvalue weighted by atomic mass is 35.5. The Balaban J connectivity index is 1.34. The van der Waals surface area contributed by atoms with Crippen LogP contribution in [0.4, 0.5) is 0 Å². The van der Waals surface area contributed by atoms with E-state index in [4.69, 9.17) is 23.2 Å². The first-order valence-electron chi connectivity index (χ1n) is 13.4. The Hall–Kier alpha value is -2.25. The maximum atomic E-state index is 13.5. The van der Waals surface area contributed by atoms with E-state index in [1.807, 2.05) is 49.1 Å². The van der Waals surface area contributed by atoms with Crippen LogP contribution in [0.25, 0.3) is 10.1 Å². The van der Waals surface area contributed by atoms with Gasteiger partial charge in [0, 0.05) is 42.4 Å². The van der Waals surface area contributed by atoms with Crippen molar-refractivity contribution in [2.45, 2.75) is 37.2 Å². The fourth-order valence-electron chi connectivity index (χ4n) is 4.81. The third kappa shape index (κ3) is 8.19. The molecule has 3 N–H and O–H groups in total. The van der Waals surface area contributed by atoms with Gasteiger partial charge in [0.05, 0.1) is 22.5 Å². The highest BCUT2D eigenvalue weighted by molar-refractivity contribution is 7.89. The molecule has 0 bridgehead atoms. The molecule has 0 spiro atoms. The SMILES string of the molecule is CC(C)C[C@H](NC(=O)c1cc2ccccc2s1)C(=O)N1CCN(C[C@@H](CO)NS(=O)(=O)c2ccc(Cl)cc2Cl)CC1. The average molecular weight is 642 g/mol. The smallest absolute Gasteiger partial charge is 0.262 e. The Labute approximate surface area is 254 Å². The van der Waals surface area contributed by atoms with Crippen LogP contribution in [-0.2, 0) is 14.8 Å². The molecule has 1 fully saturated rings. The van der Waals surface area contributed by atoms with Gasteiger partial charge in [0.15, 0.2) is 0 Å². The van der Waals surface area contributed by atoms with Crippen molar-refractivity contribution in [2.75, 3.05) is 39.3 Å². The third-order valence-electron chi connectivity index (χ3n) is 6.85. The standard InChI is InChI=1S/C28H34Cl2N4O5S2/c1-18(2)13-23(31-27(36)25-14-19-5-3-4-6-24(19)40-25)28(37)34-11-9-33(10-12-34)16-21(17-35)32-41(38,39)26-8-7-20(29)15-22(26)30/h3-8,14-15,18,21,23,32,35H,9-13,16-17H2,1-2H3,(H,31,36)/t21-,23-/m0/s1. The molecule has 1 aliphatic heterocycles. The number of rotatable bonds is 11. The van der Waals surface area contributed by atoms with E-state index in [0.717, 1.165) is 10.1 Å². The molecule has 1 aliphatic rings. The lowest BCUT2D eigenvalue weighted by molar-refractivity contribution is -0.135. The lowest BCUT2D eigenvalue weighted by atomic mass is 10.0. The van der Waals surface area contributed by atoms with Gasteiger partial charge < -0.3 is 15.3 Å². The van der Waals surface area contributed by atoms with Gasteiger partial charge in [0.1, 0.15) is 10.9 Å². The molecule has 0 radical (unpaired) electrons. The van der Waals surface area contributed by atoms with E-state index in [0.29, 0.717) is 42.5 Å². The number of fused-ring (bicyclic) bond motifs is 1. The molecule has 0 saturated carbocycles. The fraction of sp³-hybridized carbons (Fsp3) is 0.429. The topological polar surface area (TPSA) is 119 Å². The van der Waals surface area contributed by atoms with Crippen molar-refractivity contribution in [1.82, 2.24) is 19.8 Å². The average Bonchev–Trinajstić information content (AvgIpc) is 3.36. The summed E-state index contributed by atoms with van der Waals surface area (Å²) in [6.45, 7) is 5.67. The molecule has 2 heterocycles. The van der Waals surface area contributed by atoms with Crippen molar-refractivity contribution in [3.63, 3.8) is 0 Å². The summed E-state index contributed by atoms with van der Waals surface area (Å²) in [6, 6.07) is 12.3. The number of piperazine rings is 1. The quantitative estimate of drug-likeness (QED) is 0.293. The Kier molecular flexibility index (Phi) is 10.7. The number of nitrogens with one attached hydrogen (secondary N) is 2. The zero-order valence-corrected chi connectivity index (χ0v) is 26.0. The van der Waals surface area contributed by atoms with Crippen molar-refractivity contribution in [3.8, 4) is 0 Å². The highest BCUT2D eigenvalue weighted by Crippen LogP contribution is 2.26. The highest BCUT2D eigenvalue weighted by Gasteiger charge is 2.31. The molecule has 2 aromatic carbocycles. The Bertz CT molecular complexity index is 1460. The van der Waals surface area contributed by atoms with Crippen molar-refractivity contribution in [2.24, 2.45) is 5.92 Å². The number of nitrogens with zero attached hydrogens (tertiary/aromatic N) is 2. The maximum Gasteiger partial charge on any atom is 0.262 e. The van der Waals surface area contributed by atoms with Gasteiger partial charge in [-0.2, -0.15) is 0 Å². The van der Waals surface area contributed by atoms with Crippen LogP contribution in [0.1, 0.15) is 29.9 Å². The summed E-state index contributed by atoms with van der Waals surface area (Å²) in [6.07, 6.45) is 0.511. The second-order valence-electron chi connectivity index (χ2n) is 10.5. The first kappa shape index (κ1) is 31.7. The van der Waals surface area contributed by atoms with E-state index in [9.17, 15) is 23.1 Å². The van der Waals surface area contributed by atoms with E-state index < -0.39 is 28.7 Å². The van der Waals surface area contributed by atoms with Gasteiger partial charge in [-0.25, -0.2) is 13.1 Å². The number of amides is 2. The van der Waals surface area contributed by atoms with Gasteiger partial charge in [0.2, 0.25) is 15.9 Å². The van der Waals surface area contributed by atoms with E-state index >= 15 is 0 Å². The van der Waals surface area contributed by atoms with Crippen molar-refractivity contribution >= 4 is 66.5 Å². The summed E-state index contributed by atoms with van der Waals surface area (Å²) in [7, 11) is -3.99. The van der Waals surface area contributed by atoms with Crippen LogP contribution in [0, 0.1) is 5.92 Å². The lowest BCUT2D eigenvalue weighted by Crippen LogP contribution is -2.57. The predicted octanol–water partition coefficient (Wildman–Crippen LogP) is 3.84. The number of carbonyl (C=O) groups excluding carboxylic acids is 2. The number of aliphatic hydroxyl groups excluding tert-OH is 1. The second kappa shape index (κ2) is 13.8. The molecule has 222 valence electrons. The number of hydrogen-bond acceptors (Lipinski definition) is 7. The number of thiophene rings is 1. The normalized spacial score (nSPS) is 16.2. The number of sulfonamides is 1. The van der Waals surface area contributed by atoms with Gasteiger partial charge >= 0.3 is 0 Å². The zero-order chi connectivity index (χ0) is 29.7. The summed E-state index contributed by atoms with van der Waals surface area (Å²) < 4.78 is 29.3. The molecule has 1 saturated heterocycles. The Morgan fingerprint density at radius 1 is 1.05 bits per heavy atom. The van der Waals surface area contributed by atoms with E-state index in [-0.39, 0.29) is 34.2 Å². The fourth-order valence-corrected chi connectivity index (χ4v) is 7.76. The van der Waals surface area contributed by atoms with E-state index in [1.54, 1.807) is 4.90 Å². The number of hydrogen-bond donors (Lipinski definition) is 3. The molecule has 9 nitrogen and oxygen atoms in total. The molecule has 13 heteroatoms. The summed E-state index contributed by atoms with van der Waals surface area (Å²) in [5.41, 5.74) is 0. The summed E-state index contributed by atoms with van der Waals surface area (Å²) in [4.78, 5) is 30.8. The molecular formula is C28H34Cl2N4O5S2. The minimum Gasteiger partial charge on any atom is -0.395 e. The van der Waals surface area contributed by atoms with Crippen molar-refractivity contribution in [1.29, 1.82) is 0 Å². The number of halogens is 2. The van der Waals surface area contributed by atoms with Gasteiger partial charge in [0.25, 0.3) is 5.91 Å². The molecule has 2 atom stereocenters. The van der Waals surface area contributed by atoms with E-state index in [2.05, 4.69) is 10.0 Å². The van der Waals surface area contributed by atoms with Crippen molar-refractivity contribution in [3.05, 3.63) is 63.5 Å². The van der Waals surface area contributed by atoms with Crippen molar-refractivity contribution < 1.29 is 23.1 Å². The Morgan fingerprint density at radius 2 is 1.76 bits per heavy atom. The molecular weight excluding hydrogens is 607 g/mol. The zero-order valence-electron chi connectivity index (χ0n) is 22.8. The van der Waals surface area contributed by atoms with Crippen LogP contribution in [0.15, 0.2) is 53.4 Å². The third-order valence-corrected chi connectivity index (χ3v) is 10.2. The minimum atomic E-state index is -3.99. The van der Waals surface area contributed by atoms with Gasteiger partial charge in [-0.15, -0.1) is 11.3 Å². The maximum absolute atomic E-state index is 13.5. The monoisotopic (exact) mass is 640 g/mol. The molecule has 2 amide bonds. The number of aliphatic hydroxyl groups is 1. The second-order valence-corrected chi connectivity index (χ2v) is 14.1. The molecule has 4 rings (SSSR count). The van der Waals surface area contributed by atoms with Crippen LogP contribution in [0.5, 0.6) is 0 Å². The van der Waals surface area contributed by atoms with Crippen LogP contribution < -0.4 is 10.0 Å². The lowest BCUT2D eigenvalue weighted by Gasteiger charge is -2.38. The predicted molar refractivity (Wildman–Crippen MR) is 163 cm³/mol.